The highest BCUT2D eigenvalue weighted by molar-refractivity contribution is 7.15. The van der Waals surface area contributed by atoms with Crippen LogP contribution in [0.3, 0.4) is 0 Å². The molecule has 1 atom stereocenters. The van der Waals surface area contributed by atoms with Crippen molar-refractivity contribution in [2.75, 3.05) is 25.5 Å². The number of nitrogens with one attached hydrogen (secondary N) is 1. The predicted octanol–water partition coefficient (Wildman–Crippen LogP) is 1.69. The zero-order chi connectivity index (χ0) is 17.8. The molecule has 2 aromatic rings. The van der Waals surface area contributed by atoms with Gasteiger partial charge in [0.1, 0.15) is 12.4 Å². The number of thiazole rings is 1. The molecule has 1 amide bonds. The van der Waals surface area contributed by atoms with E-state index in [2.05, 4.69) is 25.2 Å². The van der Waals surface area contributed by atoms with Crippen molar-refractivity contribution in [1.82, 2.24) is 19.9 Å². The third kappa shape index (κ3) is 4.60. The summed E-state index contributed by atoms with van der Waals surface area (Å²) in [7, 11) is 1.53. The molecule has 1 aliphatic heterocycles. The summed E-state index contributed by atoms with van der Waals surface area (Å²) in [6.07, 6.45) is 2.16. The van der Waals surface area contributed by atoms with E-state index in [4.69, 9.17) is 9.47 Å². The summed E-state index contributed by atoms with van der Waals surface area (Å²) in [4.78, 5) is 25.3. The van der Waals surface area contributed by atoms with Crippen molar-refractivity contribution in [1.29, 1.82) is 0 Å². The van der Waals surface area contributed by atoms with Gasteiger partial charge in [0, 0.05) is 26.6 Å². The van der Waals surface area contributed by atoms with E-state index >= 15 is 0 Å². The summed E-state index contributed by atoms with van der Waals surface area (Å²) in [5.74, 6) is 0.0848. The van der Waals surface area contributed by atoms with Gasteiger partial charge in [0.05, 0.1) is 18.1 Å². The maximum Gasteiger partial charge on any atom is 0.230 e. The van der Waals surface area contributed by atoms with Crippen LogP contribution in [-0.4, -0.2) is 52.1 Å². The first-order valence-corrected chi connectivity index (χ1v) is 8.53. The number of amides is 1. The van der Waals surface area contributed by atoms with E-state index in [-0.39, 0.29) is 17.1 Å². The molecule has 0 radical (unpaired) electrons. The third-order valence-electron chi connectivity index (χ3n) is 3.64. The van der Waals surface area contributed by atoms with Gasteiger partial charge in [-0.3, -0.25) is 9.69 Å². The molecule has 1 N–H and O–H groups in total. The third-order valence-corrected chi connectivity index (χ3v) is 4.57. The fourth-order valence-corrected chi connectivity index (χ4v) is 3.48. The fourth-order valence-electron chi connectivity index (χ4n) is 2.54. The van der Waals surface area contributed by atoms with Gasteiger partial charge in [0.2, 0.25) is 23.6 Å². The van der Waals surface area contributed by atoms with Gasteiger partial charge >= 0.3 is 0 Å². The van der Waals surface area contributed by atoms with Crippen molar-refractivity contribution in [3.8, 4) is 11.8 Å². The highest BCUT2D eigenvalue weighted by Gasteiger charge is 2.26. The van der Waals surface area contributed by atoms with Crippen molar-refractivity contribution < 1.29 is 18.7 Å². The predicted molar refractivity (Wildman–Crippen MR) is 89.3 cm³/mol. The number of hydrogen-bond acceptors (Lipinski definition) is 8. The topological polar surface area (TPSA) is 89.5 Å². The Bertz CT molecular complexity index is 757. The number of halogens is 1. The van der Waals surface area contributed by atoms with E-state index in [0.29, 0.717) is 29.7 Å². The lowest BCUT2D eigenvalue weighted by molar-refractivity contribution is -0.114. The molecule has 1 fully saturated rings. The molecule has 0 aromatic carbocycles. The van der Waals surface area contributed by atoms with Gasteiger partial charge in [-0.2, -0.15) is 9.37 Å². The lowest BCUT2D eigenvalue weighted by Crippen LogP contribution is -2.24. The highest BCUT2D eigenvalue weighted by Crippen LogP contribution is 2.26. The Labute approximate surface area is 148 Å². The van der Waals surface area contributed by atoms with Crippen LogP contribution in [0.5, 0.6) is 11.8 Å². The first kappa shape index (κ1) is 17.5. The number of anilines is 1. The number of carbonyl (C=O) groups is 1. The maximum atomic E-state index is 13.9. The van der Waals surface area contributed by atoms with E-state index < -0.39 is 5.95 Å². The second-order valence-corrected chi connectivity index (χ2v) is 6.66. The van der Waals surface area contributed by atoms with E-state index in [1.807, 2.05) is 0 Å². The van der Waals surface area contributed by atoms with Gasteiger partial charge in [-0.25, -0.2) is 9.97 Å². The van der Waals surface area contributed by atoms with E-state index in [0.717, 1.165) is 24.3 Å². The average Bonchev–Trinajstić information content (AvgIpc) is 3.14. The summed E-state index contributed by atoms with van der Waals surface area (Å²) in [5, 5.41) is 2.78. The summed E-state index contributed by atoms with van der Waals surface area (Å²) in [5.41, 5.74) is 0. The molecule has 1 aliphatic rings. The lowest BCUT2D eigenvalue weighted by Gasteiger charge is -2.15. The second kappa shape index (κ2) is 7.70. The molecule has 2 aromatic heterocycles. The number of ether oxygens (including phenoxy) is 2. The first-order chi connectivity index (χ1) is 12.0. The standard InChI is InChI=1S/C15H18FN5O3S/c1-9(22)19-15-20-14(16)11(25-15)7-21-4-3-10(6-21)24-13-5-12(23-2)17-8-18-13/h5,8,10H,3-4,6-7H2,1-2H3,(H,19,20,22)/t10-/m0/s1. The summed E-state index contributed by atoms with van der Waals surface area (Å²) >= 11 is 1.15. The minimum absolute atomic E-state index is 0.0367. The molecular weight excluding hydrogens is 349 g/mol. The van der Waals surface area contributed by atoms with Crippen molar-refractivity contribution in [2.24, 2.45) is 0 Å². The minimum Gasteiger partial charge on any atom is -0.481 e. The van der Waals surface area contributed by atoms with Crippen LogP contribution in [0.25, 0.3) is 0 Å². The van der Waals surface area contributed by atoms with Crippen LogP contribution in [0.1, 0.15) is 18.2 Å². The molecule has 3 rings (SSSR count). The Balaban J connectivity index is 1.56. The number of methoxy groups -OCH3 is 1. The molecule has 0 aliphatic carbocycles. The normalized spacial score (nSPS) is 17.5. The van der Waals surface area contributed by atoms with Crippen LogP contribution in [0.2, 0.25) is 0 Å². The van der Waals surface area contributed by atoms with Crippen LogP contribution in [-0.2, 0) is 11.3 Å². The quantitative estimate of drug-likeness (QED) is 0.831. The van der Waals surface area contributed by atoms with Crippen LogP contribution in [0, 0.1) is 5.95 Å². The molecule has 1 saturated heterocycles. The smallest absolute Gasteiger partial charge is 0.230 e. The van der Waals surface area contributed by atoms with Gasteiger partial charge < -0.3 is 14.8 Å². The highest BCUT2D eigenvalue weighted by atomic mass is 32.1. The number of nitrogens with zero attached hydrogens (tertiary/aromatic N) is 4. The SMILES string of the molecule is COc1cc(O[C@H]2CCN(Cc3sc(NC(C)=O)nc3F)C2)ncn1. The molecule has 0 spiro atoms. The van der Waals surface area contributed by atoms with Gasteiger partial charge in [0.25, 0.3) is 0 Å². The van der Waals surface area contributed by atoms with Gasteiger partial charge in [-0.05, 0) is 6.42 Å². The van der Waals surface area contributed by atoms with Gasteiger partial charge in [-0.15, -0.1) is 0 Å². The van der Waals surface area contributed by atoms with Crippen LogP contribution >= 0.6 is 11.3 Å². The Hall–Kier alpha value is -2.33. The molecule has 0 saturated carbocycles. The van der Waals surface area contributed by atoms with Crippen LogP contribution in [0.4, 0.5) is 9.52 Å². The number of rotatable bonds is 6. The van der Waals surface area contributed by atoms with Crippen LogP contribution in [0.15, 0.2) is 12.4 Å². The molecule has 8 nitrogen and oxygen atoms in total. The molecule has 0 bridgehead atoms. The molecule has 10 heteroatoms. The van der Waals surface area contributed by atoms with Gasteiger partial charge in [0.15, 0.2) is 5.13 Å². The number of likely N-dealkylation sites (tertiary alicyclic amines) is 1. The Morgan fingerprint density at radius 3 is 3.04 bits per heavy atom. The Kier molecular flexibility index (Phi) is 5.39. The molecule has 3 heterocycles. The lowest BCUT2D eigenvalue weighted by atomic mass is 10.3. The number of aromatic nitrogens is 3. The van der Waals surface area contributed by atoms with Crippen molar-refractivity contribution in [3.63, 3.8) is 0 Å². The second-order valence-electron chi connectivity index (χ2n) is 5.58. The molecule has 134 valence electrons. The zero-order valence-electron chi connectivity index (χ0n) is 13.9. The van der Waals surface area contributed by atoms with Crippen molar-refractivity contribution in [2.45, 2.75) is 26.0 Å². The van der Waals surface area contributed by atoms with E-state index in [1.165, 1.54) is 20.4 Å². The summed E-state index contributed by atoms with van der Waals surface area (Å²) < 4.78 is 24.8. The Morgan fingerprint density at radius 2 is 2.28 bits per heavy atom. The average molecular weight is 367 g/mol. The van der Waals surface area contributed by atoms with Crippen molar-refractivity contribution >= 4 is 22.4 Å². The largest absolute Gasteiger partial charge is 0.481 e. The molecule has 0 unspecified atom stereocenters. The number of carbonyl (C=O) groups excluding carboxylic acids is 1. The van der Waals surface area contributed by atoms with E-state index in [9.17, 15) is 9.18 Å². The summed E-state index contributed by atoms with van der Waals surface area (Å²) in [6.45, 7) is 3.22. The van der Waals surface area contributed by atoms with Gasteiger partial charge in [-0.1, -0.05) is 11.3 Å². The maximum absolute atomic E-state index is 13.9. The molecular formula is C15H18FN5O3S. The van der Waals surface area contributed by atoms with Crippen LogP contribution < -0.4 is 14.8 Å². The first-order valence-electron chi connectivity index (χ1n) is 7.71. The molecule has 25 heavy (non-hydrogen) atoms. The minimum atomic E-state index is -0.543. The summed E-state index contributed by atoms with van der Waals surface area (Å²) in [6, 6.07) is 1.63. The fraction of sp³-hybridized carbons (Fsp3) is 0.467. The Morgan fingerprint density at radius 1 is 1.48 bits per heavy atom. The van der Waals surface area contributed by atoms with Crippen molar-refractivity contribution in [3.05, 3.63) is 23.2 Å². The number of hydrogen-bond donors (Lipinski definition) is 1. The van der Waals surface area contributed by atoms with E-state index in [1.54, 1.807) is 6.07 Å². The zero-order valence-corrected chi connectivity index (χ0v) is 14.7. The monoisotopic (exact) mass is 367 g/mol.